The summed E-state index contributed by atoms with van der Waals surface area (Å²) in [6.45, 7) is 6.97. The van der Waals surface area contributed by atoms with Crippen molar-refractivity contribution in [3.05, 3.63) is 54.6 Å². The maximum absolute atomic E-state index is 5.99. The van der Waals surface area contributed by atoms with Crippen LogP contribution in [0.3, 0.4) is 0 Å². The standard InChI is InChI=1S/C24H33NO/c1-2-3-7-17-25-18-14-21(15-19-25)16-20-26-24-12-10-23(11-13-24)22-8-5-4-6-9-22/h4-6,8-13,21H,2-3,7,14-20H2,1H3. The van der Waals surface area contributed by atoms with Crippen LogP contribution >= 0.6 is 0 Å². The largest absolute Gasteiger partial charge is 0.494 e. The van der Waals surface area contributed by atoms with Gasteiger partial charge in [-0.1, -0.05) is 62.2 Å². The molecule has 0 amide bonds. The van der Waals surface area contributed by atoms with E-state index in [-0.39, 0.29) is 0 Å². The van der Waals surface area contributed by atoms with Crippen LogP contribution in [-0.2, 0) is 0 Å². The second kappa shape index (κ2) is 10.4. The first-order valence-electron chi connectivity index (χ1n) is 10.4. The van der Waals surface area contributed by atoms with Gasteiger partial charge in [0, 0.05) is 0 Å². The molecule has 0 N–H and O–H groups in total. The normalized spacial score (nSPS) is 15.9. The van der Waals surface area contributed by atoms with Crippen molar-refractivity contribution in [3.63, 3.8) is 0 Å². The van der Waals surface area contributed by atoms with Gasteiger partial charge in [-0.05, 0) is 74.5 Å². The molecule has 0 bridgehead atoms. The lowest BCUT2D eigenvalue weighted by Gasteiger charge is -2.31. The van der Waals surface area contributed by atoms with Crippen LogP contribution in [0.15, 0.2) is 54.6 Å². The van der Waals surface area contributed by atoms with E-state index in [1.807, 2.05) is 0 Å². The second-order valence-corrected chi connectivity index (χ2v) is 7.52. The average Bonchev–Trinajstić information content (AvgIpc) is 2.71. The lowest BCUT2D eigenvalue weighted by Crippen LogP contribution is -2.34. The summed E-state index contributed by atoms with van der Waals surface area (Å²) < 4.78 is 5.99. The fourth-order valence-electron chi connectivity index (χ4n) is 3.80. The van der Waals surface area contributed by atoms with E-state index in [0.29, 0.717) is 0 Å². The van der Waals surface area contributed by atoms with Crippen molar-refractivity contribution in [1.82, 2.24) is 4.90 Å². The van der Waals surface area contributed by atoms with Gasteiger partial charge >= 0.3 is 0 Å². The van der Waals surface area contributed by atoms with E-state index in [4.69, 9.17) is 4.74 Å². The molecule has 2 nitrogen and oxygen atoms in total. The number of likely N-dealkylation sites (tertiary alicyclic amines) is 1. The molecule has 140 valence electrons. The van der Waals surface area contributed by atoms with Gasteiger partial charge in [0.05, 0.1) is 6.61 Å². The van der Waals surface area contributed by atoms with Crippen LogP contribution in [0.5, 0.6) is 5.75 Å². The Kier molecular flexibility index (Phi) is 7.57. The van der Waals surface area contributed by atoms with E-state index in [9.17, 15) is 0 Å². The number of hydrogen-bond donors (Lipinski definition) is 0. The zero-order valence-electron chi connectivity index (χ0n) is 16.2. The minimum atomic E-state index is 0.834. The summed E-state index contributed by atoms with van der Waals surface area (Å²) >= 11 is 0. The molecule has 1 heterocycles. The van der Waals surface area contributed by atoms with Crippen molar-refractivity contribution in [2.24, 2.45) is 5.92 Å². The number of ether oxygens (including phenoxy) is 1. The average molecular weight is 352 g/mol. The lowest BCUT2D eigenvalue weighted by atomic mass is 9.94. The number of hydrogen-bond acceptors (Lipinski definition) is 2. The molecule has 1 saturated heterocycles. The molecule has 0 unspecified atom stereocenters. The minimum absolute atomic E-state index is 0.834. The molecule has 0 radical (unpaired) electrons. The molecular weight excluding hydrogens is 318 g/mol. The summed E-state index contributed by atoms with van der Waals surface area (Å²) in [5.74, 6) is 1.82. The molecule has 0 atom stereocenters. The number of piperidine rings is 1. The van der Waals surface area contributed by atoms with Gasteiger partial charge in [-0.2, -0.15) is 0 Å². The molecule has 0 saturated carbocycles. The molecule has 26 heavy (non-hydrogen) atoms. The lowest BCUT2D eigenvalue weighted by molar-refractivity contribution is 0.161. The maximum Gasteiger partial charge on any atom is 0.119 e. The van der Waals surface area contributed by atoms with Crippen LogP contribution in [0.2, 0.25) is 0 Å². The SMILES string of the molecule is CCCCCN1CCC(CCOc2ccc(-c3ccccc3)cc2)CC1. The summed E-state index contributed by atoms with van der Waals surface area (Å²) in [7, 11) is 0. The van der Waals surface area contributed by atoms with Crippen molar-refractivity contribution < 1.29 is 4.74 Å². The summed E-state index contributed by atoms with van der Waals surface area (Å²) in [6.07, 6.45) is 7.91. The number of rotatable bonds is 9. The Morgan fingerprint density at radius 2 is 1.58 bits per heavy atom. The van der Waals surface area contributed by atoms with E-state index < -0.39 is 0 Å². The molecular formula is C24H33NO. The van der Waals surface area contributed by atoms with E-state index in [1.54, 1.807) is 0 Å². The summed E-state index contributed by atoms with van der Waals surface area (Å²) in [5.41, 5.74) is 2.50. The molecule has 2 heteroatoms. The topological polar surface area (TPSA) is 12.5 Å². The predicted octanol–water partition coefficient (Wildman–Crippen LogP) is 6.02. The third-order valence-electron chi connectivity index (χ3n) is 5.54. The molecule has 0 spiro atoms. The van der Waals surface area contributed by atoms with Gasteiger partial charge < -0.3 is 9.64 Å². The van der Waals surface area contributed by atoms with E-state index in [1.165, 1.54) is 69.3 Å². The highest BCUT2D eigenvalue weighted by Gasteiger charge is 2.18. The van der Waals surface area contributed by atoms with Gasteiger partial charge in [-0.15, -0.1) is 0 Å². The molecule has 0 aliphatic carbocycles. The first-order chi connectivity index (χ1) is 12.8. The van der Waals surface area contributed by atoms with Crippen molar-refractivity contribution >= 4 is 0 Å². The van der Waals surface area contributed by atoms with Crippen molar-refractivity contribution in [2.75, 3.05) is 26.2 Å². The zero-order chi connectivity index (χ0) is 18.0. The highest BCUT2D eigenvalue weighted by Crippen LogP contribution is 2.24. The van der Waals surface area contributed by atoms with Gasteiger partial charge in [-0.3, -0.25) is 0 Å². The Balaban J connectivity index is 1.35. The highest BCUT2D eigenvalue weighted by atomic mass is 16.5. The van der Waals surface area contributed by atoms with Crippen LogP contribution in [0.1, 0.15) is 45.4 Å². The Morgan fingerprint density at radius 3 is 2.27 bits per heavy atom. The van der Waals surface area contributed by atoms with Crippen LogP contribution in [0.25, 0.3) is 11.1 Å². The maximum atomic E-state index is 5.99. The fourth-order valence-corrected chi connectivity index (χ4v) is 3.80. The molecule has 3 rings (SSSR count). The fraction of sp³-hybridized carbons (Fsp3) is 0.500. The van der Waals surface area contributed by atoms with Crippen LogP contribution < -0.4 is 4.74 Å². The monoisotopic (exact) mass is 351 g/mol. The summed E-state index contributed by atoms with van der Waals surface area (Å²) in [4.78, 5) is 2.65. The van der Waals surface area contributed by atoms with E-state index in [2.05, 4.69) is 66.4 Å². The van der Waals surface area contributed by atoms with Gasteiger partial charge in [-0.25, -0.2) is 0 Å². The van der Waals surface area contributed by atoms with Crippen LogP contribution in [-0.4, -0.2) is 31.1 Å². The zero-order valence-corrected chi connectivity index (χ0v) is 16.2. The first kappa shape index (κ1) is 19.0. The molecule has 1 fully saturated rings. The Labute approximate surface area is 159 Å². The predicted molar refractivity (Wildman–Crippen MR) is 111 cm³/mol. The number of nitrogens with zero attached hydrogens (tertiary/aromatic N) is 1. The molecule has 2 aromatic carbocycles. The Morgan fingerprint density at radius 1 is 0.885 bits per heavy atom. The summed E-state index contributed by atoms with van der Waals surface area (Å²) in [6, 6.07) is 19.0. The van der Waals surface area contributed by atoms with E-state index in [0.717, 1.165) is 18.3 Å². The molecule has 1 aliphatic rings. The van der Waals surface area contributed by atoms with Gasteiger partial charge in [0.2, 0.25) is 0 Å². The highest BCUT2D eigenvalue weighted by molar-refractivity contribution is 5.63. The van der Waals surface area contributed by atoms with Gasteiger partial charge in [0.25, 0.3) is 0 Å². The molecule has 0 aromatic heterocycles. The third-order valence-corrected chi connectivity index (χ3v) is 5.54. The molecule has 1 aliphatic heterocycles. The minimum Gasteiger partial charge on any atom is -0.494 e. The second-order valence-electron chi connectivity index (χ2n) is 7.52. The number of benzene rings is 2. The van der Waals surface area contributed by atoms with Gasteiger partial charge in [0.1, 0.15) is 5.75 Å². The number of unbranched alkanes of at least 4 members (excludes halogenated alkanes) is 2. The third kappa shape index (κ3) is 5.88. The van der Waals surface area contributed by atoms with Crippen LogP contribution in [0.4, 0.5) is 0 Å². The van der Waals surface area contributed by atoms with Gasteiger partial charge in [0.15, 0.2) is 0 Å². The quantitative estimate of drug-likeness (QED) is 0.512. The van der Waals surface area contributed by atoms with Crippen LogP contribution in [0, 0.1) is 5.92 Å². The van der Waals surface area contributed by atoms with Crippen molar-refractivity contribution in [2.45, 2.75) is 45.4 Å². The smallest absolute Gasteiger partial charge is 0.119 e. The Bertz CT molecular complexity index is 614. The molecule has 2 aromatic rings. The van der Waals surface area contributed by atoms with Crippen molar-refractivity contribution in [1.29, 1.82) is 0 Å². The Hall–Kier alpha value is -1.80. The first-order valence-corrected chi connectivity index (χ1v) is 10.4. The van der Waals surface area contributed by atoms with E-state index >= 15 is 0 Å². The summed E-state index contributed by atoms with van der Waals surface area (Å²) in [5, 5.41) is 0. The van der Waals surface area contributed by atoms with Crippen molar-refractivity contribution in [3.8, 4) is 16.9 Å².